The zero-order valence-corrected chi connectivity index (χ0v) is 16.8. The molecule has 1 aromatic heterocycles. The standard InChI is InChI=1S/C16H17F2N4P.C4H8/c1-2-5-14(19)22-15-10-11(8-9-20-15)21-13-7-4-3-6-12(13)16(17,18)23;1-3-4-2/h2-10H,23H2,1H3,(H3,19,20,21,22);3-4H,1-2H3/b5-2+;4-3+. The second-order valence-corrected chi connectivity index (χ2v) is 6.12. The lowest BCUT2D eigenvalue weighted by Crippen LogP contribution is -2.07. The number of halogens is 2. The molecule has 3 N–H and O–H groups in total. The van der Waals surface area contributed by atoms with Gasteiger partial charge in [0, 0.05) is 29.2 Å². The summed E-state index contributed by atoms with van der Waals surface area (Å²) >= 11 is 0. The molecule has 2 rings (SSSR count). The highest BCUT2D eigenvalue weighted by Gasteiger charge is 2.27. The van der Waals surface area contributed by atoms with Crippen molar-refractivity contribution in [2.24, 2.45) is 10.7 Å². The van der Waals surface area contributed by atoms with Gasteiger partial charge in [0.05, 0.1) is 0 Å². The SMILES string of the molecule is C/C=C/C.C/C=C/C(N)=Nc1cc(Nc2ccccc2C(F)(F)P)ccn1. The number of nitrogens with two attached hydrogens (primary N) is 1. The van der Waals surface area contributed by atoms with Crippen LogP contribution in [0.4, 0.5) is 26.0 Å². The van der Waals surface area contributed by atoms with Gasteiger partial charge < -0.3 is 11.1 Å². The molecular weight excluding hydrogens is 365 g/mol. The molecule has 0 aliphatic carbocycles. The summed E-state index contributed by atoms with van der Waals surface area (Å²) in [5.74, 6) is 0.703. The lowest BCUT2D eigenvalue weighted by Gasteiger charge is -2.16. The van der Waals surface area contributed by atoms with Crippen LogP contribution < -0.4 is 11.1 Å². The van der Waals surface area contributed by atoms with E-state index in [9.17, 15) is 8.78 Å². The molecule has 1 aromatic carbocycles. The van der Waals surface area contributed by atoms with E-state index in [1.165, 1.54) is 12.3 Å². The highest BCUT2D eigenvalue weighted by Crippen LogP contribution is 2.39. The number of para-hydroxylation sites is 1. The maximum atomic E-state index is 13.6. The summed E-state index contributed by atoms with van der Waals surface area (Å²) in [6.07, 6.45) is 8.94. The molecule has 2 aromatic rings. The number of aliphatic imine (C=N–C) groups is 1. The molecule has 144 valence electrons. The molecule has 0 saturated carbocycles. The molecule has 27 heavy (non-hydrogen) atoms. The van der Waals surface area contributed by atoms with Gasteiger partial charge in [-0.25, -0.2) is 9.98 Å². The monoisotopic (exact) mass is 390 g/mol. The summed E-state index contributed by atoms with van der Waals surface area (Å²) in [6, 6.07) is 9.52. The van der Waals surface area contributed by atoms with Gasteiger partial charge in [0.2, 0.25) is 0 Å². The van der Waals surface area contributed by atoms with Crippen molar-refractivity contribution in [2.45, 2.75) is 26.4 Å². The minimum atomic E-state index is -3.02. The van der Waals surface area contributed by atoms with Crippen LogP contribution in [-0.2, 0) is 5.66 Å². The third kappa shape index (κ3) is 8.09. The molecule has 0 aliphatic rings. The van der Waals surface area contributed by atoms with Gasteiger partial charge in [-0.15, -0.1) is 0 Å². The van der Waals surface area contributed by atoms with Crippen LogP contribution in [0.5, 0.6) is 0 Å². The predicted molar refractivity (Wildman–Crippen MR) is 114 cm³/mol. The van der Waals surface area contributed by atoms with E-state index in [0.29, 0.717) is 23.0 Å². The van der Waals surface area contributed by atoms with Gasteiger partial charge in [-0.3, -0.25) is 0 Å². The van der Waals surface area contributed by atoms with Gasteiger partial charge in [0.1, 0.15) is 5.84 Å². The molecule has 1 heterocycles. The number of hydrogen-bond acceptors (Lipinski definition) is 3. The summed E-state index contributed by atoms with van der Waals surface area (Å²) in [5, 5.41) is 2.96. The zero-order chi connectivity index (χ0) is 20.3. The molecule has 4 nitrogen and oxygen atoms in total. The lowest BCUT2D eigenvalue weighted by atomic mass is 10.1. The highest BCUT2D eigenvalue weighted by atomic mass is 31.0. The van der Waals surface area contributed by atoms with Crippen molar-refractivity contribution in [3.8, 4) is 0 Å². The average Bonchev–Trinajstić information content (AvgIpc) is 2.62. The Balaban J connectivity index is 0.000000828. The Kier molecular flexibility index (Phi) is 9.31. The van der Waals surface area contributed by atoms with Gasteiger partial charge in [-0.1, -0.05) is 45.7 Å². The van der Waals surface area contributed by atoms with Crippen LogP contribution in [0.25, 0.3) is 0 Å². The van der Waals surface area contributed by atoms with Crippen molar-refractivity contribution in [1.29, 1.82) is 0 Å². The van der Waals surface area contributed by atoms with E-state index in [4.69, 9.17) is 5.73 Å². The predicted octanol–water partition coefficient (Wildman–Crippen LogP) is 5.90. The molecule has 0 spiro atoms. The molecule has 1 unspecified atom stereocenters. The lowest BCUT2D eigenvalue weighted by molar-refractivity contribution is 0.105. The van der Waals surface area contributed by atoms with E-state index >= 15 is 0 Å². The summed E-state index contributed by atoms with van der Waals surface area (Å²) < 4.78 is 27.2. The number of hydrogen-bond donors (Lipinski definition) is 2. The molecular formula is C20H25F2N4P. The van der Waals surface area contributed by atoms with Crippen LogP contribution in [0.15, 0.2) is 71.9 Å². The number of aromatic nitrogens is 1. The van der Waals surface area contributed by atoms with E-state index in [1.807, 2.05) is 32.9 Å². The van der Waals surface area contributed by atoms with E-state index in [0.717, 1.165) is 0 Å². The first-order chi connectivity index (χ1) is 12.8. The molecule has 0 fully saturated rings. The first-order valence-electron chi connectivity index (χ1n) is 8.35. The maximum absolute atomic E-state index is 13.6. The molecule has 0 radical (unpaired) electrons. The number of rotatable bonds is 5. The summed E-state index contributed by atoms with van der Waals surface area (Å²) in [6.45, 7) is 5.83. The zero-order valence-electron chi connectivity index (χ0n) is 15.7. The number of pyridine rings is 1. The van der Waals surface area contributed by atoms with Crippen molar-refractivity contribution in [3.63, 3.8) is 0 Å². The Labute approximate surface area is 161 Å². The Morgan fingerprint density at radius 3 is 2.41 bits per heavy atom. The normalized spacial score (nSPS) is 12.1. The first-order valence-corrected chi connectivity index (χ1v) is 8.93. The largest absolute Gasteiger partial charge is 0.384 e. The minimum absolute atomic E-state index is 0.111. The van der Waals surface area contributed by atoms with Crippen molar-refractivity contribution in [3.05, 3.63) is 72.5 Å². The number of allylic oxidation sites excluding steroid dienone is 3. The minimum Gasteiger partial charge on any atom is -0.384 e. The Morgan fingerprint density at radius 1 is 1.15 bits per heavy atom. The number of amidine groups is 1. The Hall–Kier alpha value is -2.59. The van der Waals surface area contributed by atoms with Crippen molar-refractivity contribution < 1.29 is 8.78 Å². The quantitative estimate of drug-likeness (QED) is 0.289. The summed E-state index contributed by atoms with van der Waals surface area (Å²) in [4.78, 5) is 8.21. The first kappa shape index (κ1) is 22.5. The number of nitrogens with one attached hydrogen (secondary N) is 1. The average molecular weight is 390 g/mol. The number of nitrogens with zero attached hydrogens (tertiary/aromatic N) is 2. The van der Waals surface area contributed by atoms with Crippen LogP contribution in [-0.4, -0.2) is 10.8 Å². The van der Waals surface area contributed by atoms with Gasteiger partial charge in [-0.2, -0.15) is 8.78 Å². The number of alkyl halides is 2. The maximum Gasteiger partial charge on any atom is 0.285 e. The molecule has 0 amide bonds. The second kappa shape index (κ2) is 11.2. The van der Waals surface area contributed by atoms with Crippen LogP contribution in [0.2, 0.25) is 0 Å². The van der Waals surface area contributed by atoms with E-state index in [1.54, 1.807) is 51.7 Å². The molecule has 1 atom stereocenters. The third-order valence-corrected chi connectivity index (χ3v) is 3.54. The Bertz CT molecular complexity index is 808. The molecule has 7 heteroatoms. The summed E-state index contributed by atoms with van der Waals surface area (Å²) in [5.41, 5.74) is 3.48. The van der Waals surface area contributed by atoms with Gasteiger partial charge in [0.25, 0.3) is 5.66 Å². The third-order valence-electron chi connectivity index (χ3n) is 3.23. The van der Waals surface area contributed by atoms with E-state index in [2.05, 4.69) is 15.3 Å². The fourth-order valence-corrected chi connectivity index (χ4v) is 2.19. The fraction of sp³-hybridized carbons (Fsp3) is 0.200. The van der Waals surface area contributed by atoms with Gasteiger partial charge in [0.15, 0.2) is 5.82 Å². The smallest absolute Gasteiger partial charge is 0.285 e. The Morgan fingerprint density at radius 2 is 1.81 bits per heavy atom. The molecule has 0 aliphatic heterocycles. The van der Waals surface area contributed by atoms with Gasteiger partial charge in [-0.05, 0) is 39.0 Å². The van der Waals surface area contributed by atoms with Crippen LogP contribution in [0.1, 0.15) is 26.3 Å². The summed E-state index contributed by atoms with van der Waals surface area (Å²) in [7, 11) is 1.54. The molecule has 0 bridgehead atoms. The fourth-order valence-electron chi connectivity index (χ4n) is 1.94. The number of anilines is 2. The second-order valence-electron chi connectivity index (χ2n) is 5.40. The van der Waals surface area contributed by atoms with Crippen LogP contribution >= 0.6 is 9.24 Å². The van der Waals surface area contributed by atoms with Crippen molar-refractivity contribution in [1.82, 2.24) is 4.98 Å². The van der Waals surface area contributed by atoms with Crippen molar-refractivity contribution >= 4 is 32.3 Å². The topological polar surface area (TPSA) is 63.3 Å². The van der Waals surface area contributed by atoms with E-state index < -0.39 is 5.66 Å². The van der Waals surface area contributed by atoms with Gasteiger partial charge >= 0.3 is 0 Å². The number of benzene rings is 1. The highest BCUT2D eigenvalue weighted by molar-refractivity contribution is 7.17. The van der Waals surface area contributed by atoms with Crippen LogP contribution in [0, 0.1) is 0 Å². The van der Waals surface area contributed by atoms with Crippen molar-refractivity contribution in [2.75, 3.05) is 5.32 Å². The van der Waals surface area contributed by atoms with E-state index in [-0.39, 0.29) is 5.56 Å². The van der Waals surface area contributed by atoms with Crippen LogP contribution in [0.3, 0.4) is 0 Å². The molecule has 0 saturated heterocycles.